The Morgan fingerprint density at radius 3 is 2.79 bits per heavy atom. The predicted octanol–water partition coefficient (Wildman–Crippen LogP) is 4.21. The molecule has 0 bridgehead atoms. The Labute approximate surface area is 206 Å². The molecule has 0 spiro atoms. The lowest BCUT2D eigenvalue weighted by molar-refractivity contribution is 0.290. The van der Waals surface area contributed by atoms with Crippen LogP contribution in [0.2, 0.25) is 0 Å². The first kappa shape index (κ1) is 23.3. The Bertz CT molecular complexity index is 1450. The second-order valence-electron chi connectivity index (χ2n) is 8.59. The number of aromatic nitrogens is 4. The highest BCUT2D eigenvalue weighted by molar-refractivity contribution is 7.98. The van der Waals surface area contributed by atoms with Gasteiger partial charge >= 0.3 is 0 Å². The fourth-order valence-electron chi connectivity index (χ4n) is 4.70. The zero-order valence-electron chi connectivity index (χ0n) is 19.6. The average Bonchev–Trinajstić information content (AvgIpc) is 3.43. The highest BCUT2D eigenvalue weighted by Gasteiger charge is 2.21. The summed E-state index contributed by atoms with van der Waals surface area (Å²) in [6.45, 7) is 7.84. The Hall–Kier alpha value is -2.49. The molecule has 0 saturated heterocycles. The summed E-state index contributed by atoms with van der Waals surface area (Å²) in [5, 5.41) is 2.07. The van der Waals surface area contributed by atoms with Crippen LogP contribution in [0.3, 0.4) is 0 Å². The Morgan fingerprint density at radius 1 is 1.15 bits per heavy atom. The maximum Gasteiger partial charge on any atom is 0.262 e. The number of aryl methyl sites for hydroxylation is 2. The van der Waals surface area contributed by atoms with E-state index < -0.39 is 0 Å². The number of H-pyrrole nitrogens is 1. The number of nitrogens with one attached hydrogen (secondary N) is 1. The Morgan fingerprint density at radius 2 is 1.97 bits per heavy atom. The van der Waals surface area contributed by atoms with Gasteiger partial charge in [-0.3, -0.25) is 14.2 Å². The number of fused-ring (bicyclic) bond motifs is 4. The highest BCUT2D eigenvalue weighted by atomic mass is 32.2. The number of thiophene rings is 1. The number of thioether (sulfide) groups is 1. The quantitative estimate of drug-likeness (QED) is 0.277. The smallest absolute Gasteiger partial charge is 0.262 e. The summed E-state index contributed by atoms with van der Waals surface area (Å²) in [5.41, 5.74) is 1.81. The van der Waals surface area contributed by atoms with Crippen molar-refractivity contribution in [2.45, 2.75) is 57.0 Å². The molecule has 9 heteroatoms. The number of nitrogens with zero attached hydrogens (tertiary/aromatic N) is 4. The first-order valence-electron chi connectivity index (χ1n) is 12.0. The van der Waals surface area contributed by atoms with E-state index in [4.69, 9.17) is 9.97 Å². The van der Waals surface area contributed by atoms with Crippen LogP contribution >= 0.6 is 23.1 Å². The van der Waals surface area contributed by atoms with Gasteiger partial charge in [0.05, 0.1) is 22.0 Å². The van der Waals surface area contributed by atoms with Gasteiger partial charge in [0.25, 0.3) is 11.1 Å². The SMILES string of the molecule is CCN(CC)CCCn1c(SCc2nc3sc4c(c3c(=O)[nH]2)CCC4)nc2ccccc2c1=O. The summed E-state index contributed by atoms with van der Waals surface area (Å²) < 4.78 is 1.78. The summed E-state index contributed by atoms with van der Waals surface area (Å²) >= 11 is 3.10. The highest BCUT2D eigenvalue weighted by Crippen LogP contribution is 2.34. The summed E-state index contributed by atoms with van der Waals surface area (Å²) in [4.78, 5) is 43.2. The molecule has 0 amide bonds. The van der Waals surface area contributed by atoms with Crippen LogP contribution in [0, 0.1) is 0 Å². The summed E-state index contributed by atoms with van der Waals surface area (Å²) in [6.07, 6.45) is 4.00. The summed E-state index contributed by atoms with van der Waals surface area (Å²) in [7, 11) is 0. The molecule has 3 aromatic heterocycles. The van der Waals surface area contributed by atoms with Crippen molar-refractivity contribution < 1.29 is 0 Å². The van der Waals surface area contributed by atoms with Crippen molar-refractivity contribution in [2.24, 2.45) is 0 Å². The first-order chi connectivity index (χ1) is 16.6. The molecule has 1 aliphatic rings. The molecule has 5 rings (SSSR count). The fourth-order valence-corrected chi connectivity index (χ4v) is 6.87. The van der Waals surface area contributed by atoms with Crippen LogP contribution in [0.1, 0.15) is 43.0 Å². The number of rotatable bonds is 9. The van der Waals surface area contributed by atoms with Gasteiger partial charge in [0, 0.05) is 11.4 Å². The maximum atomic E-state index is 13.3. The summed E-state index contributed by atoms with van der Waals surface area (Å²) in [6, 6.07) is 7.49. The van der Waals surface area contributed by atoms with E-state index in [0.717, 1.165) is 55.5 Å². The second-order valence-corrected chi connectivity index (χ2v) is 10.6. The van der Waals surface area contributed by atoms with Crippen molar-refractivity contribution in [2.75, 3.05) is 19.6 Å². The molecule has 0 radical (unpaired) electrons. The van der Waals surface area contributed by atoms with Crippen LogP contribution in [0.5, 0.6) is 0 Å². The van der Waals surface area contributed by atoms with Gasteiger partial charge in [0.1, 0.15) is 10.7 Å². The molecule has 4 aromatic rings. The third-order valence-electron chi connectivity index (χ3n) is 6.54. The molecular formula is C25H29N5O2S2. The van der Waals surface area contributed by atoms with Crippen LogP contribution in [0.25, 0.3) is 21.1 Å². The molecule has 0 unspecified atom stereocenters. The van der Waals surface area contributed by atoms with E-state index in [2.05, 4.69) is 23.7 Å². The van der Waals surface area contributed by atoms with Crippen molar-refractivity contribution in [1.82, 2.24) is 24.4 Å². The molecule has 1 aliphatic carbocycles. The van der Waals surface area contributed by atoms with Gasteiger partial charge in [-0.25, -0.2) is 9.97 Å². The summed E-state index contributed by atoms with van der Waals surface area (Å²) in [5.74, 6) is 1.08. The number of hydrogen-bond acceptors (Lipinski definition) is 7. The minimum Gasteiger partial charge on any atom is -0.309 e. The zero-order valence-corrected chi connectivity index (χ0v) is 21.2. The van der Waals surface area contributed by atoms with Gasteiger partial charge in [0.15, 0.2) is 5.16 Å². The molecule has 0 fully saturated rings. The van der Waals surface area contributed by atoms with Crippen molar-refractivity contribution >= 4 is 44.2 Å². The minimum absolute atomic E-state index is 0.0146. The standard InChI is InChI=1S/C25H29N5O2S2/c1-3-29(4-2)13-8-14-30-24(32)16-9-5-6-11-18(16)26-25(30)33-15-20-27-22(31)21-17-10-7-12-19(17)34-23(21)28-20/h5-6,9,11H,3-4,7-8,10,12-15H2,1-2H3,(H,27,28,31). The van der Waals surface area contributed by atoms with Crippen LogP contribution in [-0.2, 0) is 25.1 Å². The fraction of sp³-hybridized carbons (Fsp3) is 0.440. The molecule has 3 heterocycles. The van der Waals surface area contributed by atoms with Gasteiger partial charge in [-0.2, -0.15) is 0 Å². The van der Waals surface area contributed by atoms with E-state index in [0.29, 0.717) is 34.2 Å². The largest absolute Gasteiger partial charge is 0.309 e. The third-order valence-corrected chi connectivity index (χ3v) is 8.71. The number of aromatic amines is 1. The topological polar surface area (TPSA) is 83.9 Å². The van der Waals surface area contributed by atoms with Crippen molar-refractivity contribution in [3.63, 3.8) is 0 Å². The van der Waals surface area contributed by atoms with Crippen LogP contribution in [-0.4, -0.2) is 44.1 Å². The van der Waals surface area contributed by atoms with Gasteiger partial charge in [-0.05, 0) is 63.0 Å². The Kier molecular flexibility index (Phi) is 6.85. The van der Waals surface area contributed by atoms with Crippen LogP contribution < -0.4 is 11.1 Å². The van der Waals surface area contributed by atoms with Gasteiger partial charge in [-0.1, -0.05) is 37.7 Å². The van der Waals surface area contributed by atoms with E-state index in [-0.39, 0.29) is 11.1 Å². The van der Waals surface area contributed by atoms with E-state index in [1.165, 1.54) is 22.2 Å². The minimum atomic E-state index is -0.0527. The third kappa shape index (κ3) is 4.44. The molecule has 34 heavy (non-hydrogen) atoms. The lowest BCUT2D eigenvalue weighted by atomic mass is 10.2. The second kappa shape index (κ2) is 10.0. The average molecular weight is 496 g/mol. The van der Waals surface area contributed by atoms with E-state index in [1.54, 1.807) is 15.9 Å². The maximum absolute atomic E-state index is 13.3. The van der Waals surface area contributed by atoms with E-state index in [1.807, 2.05) is 24.3 Å². The molecule has 1 aromatic carbocycles. The normalized spacial score (nSPS) is 13.4. The molecule has 0 saturated carbocycles. The van der Waals surface area contributed by atoms with Crippen LogP contribution in [0.15, 0.2) is 39.0 Å². The first-order valence-corrected chi connectivity index (χ1v) is 13.8. The van der Waals surface area contributed by atoms with Gasteiger partial charge < -0.3 is 9.88 Å². The van der Waals surface area contributed by atoms with Crippen LogP contribution in [0.4, 0.5) is 0 Å². The lowest BCUT2D eigenvalue weighted by Gasteiger charge is -2.19. The van der Waals surface area contributed by atoms with Gasteiger partial charge in [0.2, 0.25) is 0 Å². The van der Waals surface area contributed by atoms with Crippen molar-refractivity contribution in [3.05, 3.63) is 61.2 Å². The van der Waals surface area contributed by atoms with E-state index in [9.17, 15) is 9.59 Å². The van der Waals surface area contributed by atoms with E-state index >= 15 is 0 Å². The van der Waals surface area contributed by atoms with Crippen molar-refractivity contribution in [1.29, 1.82) is 0 Å². The lowest BCUT2D eigenvalue weighted by Crippen LogP contribution is -2.28. The predicted molar refractivity (Wildman–Crippen MR) is 140 cm³/mol. The molecule has 178 valence electrons. The number of hydrogen-bond donors (Lipinski definition) is 1. The monoisotopic (exact) mass is 495 g/mol. The molecule has 0 aliphatic heterocycles. The van der Waals surface area contributed by atoms with Gasteiger partial charge in [-0.15, -0.1) is 11.3 Å². The Balaban J connectivity index is 1.43. The molecule has 7 nitrogen and oxygen atoms in total. The zero-order chi connectivity index (χ0) is 23.7. The molecule has 0 atom stereocenters. The molecule has 1 N–H and O–H groups in total. The van der Waals surface area contributed by atoms with Crippen molar-refractivity contribution in [3.8, 4) is 0 Å². The number of para-hydroxylation sites is 1. The number of benzene rings is 1. The molecular weight excluding hydrogens is 466 g/mol.